The Balaban J connectivity index is 2.38. The summed E-state index contributed by atoms with van der Waals surface area (Å²) in [5.41, 5.74) is -0.518. The number of carbonyl (C=O) groups is 1. The Hall–Kier alpha value is -0.980. The summed E-state index contributed by atoms with van der Waals surface area (Å²) in [5.74, 6) is -1.23. The molecule has 2 rings (SSSR count). The molecular weight excluding hydrogens is 313 g/mol. The Labute approximate surface area is 120 Å². The van der Waals surface area contributed by atoms with E-state index in [2.05, 4.69) is 4.72 Å². The minimum absolute atomic E-state index is 0.00109. The normalized spacial score (nSPS) is 15.3. The molecule has 2 N–H and O–H groups in total. The second kappa shape index (κ2) is 5.19. The van der Waals surface area contributed by atoms with E-state index in [4.69, 9.17) is 28.3 Å². The van der Waals surface area contributed by atoms with E-state index in [9.17, 15) is 13.2 Å². The highest BCUT2D eigenvalue weighted by Gasteiger charge is 2.29. The highest BCUT2D eigenvalue weighted by molar-refractivity contribution is 7.92. The first-order chi connectivity index (χ1) is 8.80. The van der Waals surface area contributed by atoms with Gasteiger partial charge in [0.05, 0.1) is 21.5 Å². The predicted octanol–water partition coefficient (Wildman–Crippen LogP) is 2.84. The topological polar surface area (TPSA) is 83.5 Å². The van der Waals surface area contributed by atoms with Crippen LogP contribution < -0.4 is 4.72 Å². The Morgan fingerprint density at radius 3 is 2.42 bits per heavy atom. The van der Waals surface area contributed by atoms with Crippen molar-refractivity contribution in [3.63, 3.8) is 0 Å². The van der Waals surface area contributed by atoms with Crippen LogP contribution in [0.1, 0.15) is 23.2 Å². The molecule has 104 valence electrons. The van der Waals surface area contributed by atoms with Crippen molar-refractivity contribution in [2.75, 3.05) is 10.5 Å². The van der Waals surface area contributed by atoms with Gasteiger partial charge in [-0.2, -0.15) is 0 Å². The molecule has 0 aliphatic heterocycles. The van der Waals surface area contributed by atoms with E-state index < -0.39 is 16.0 Å². The number of hydrogen-bond donors (Lipinski definition) is 2. The molecule has 0 amide bonds. The van der Waals surface area contributed by atoms with Gasteiger partial charge in [0.1, 0.15) is 5.56 Å². The highest BCUT2D eigenvalue weighted by atomic mass is 35.5. The maximum absolute atomic E-state index is 11.9. The molecule has 0 atom stereocenters. The molecule has 0 saturated heterocycles. The summed E-state index contributed by atoms with van der Waals surface area (Å²) < 4.78 is 26.0. The summed E-state index contributed by atoms with van der Waals surface area (Å²) in [7, 11) is -3.62. The lowest BCUT2D eigenvalue weighted by Gasteiger charge is -2.13. The molecule has 8 heteroatoms. The second-order valence-corrected chi connectivity index (χ2v) is 6.99. The van der Waals surface area contributed by atoms with Gasteiger partial charge in [-0.25, -0.2) is 13.2 Å². The summed E-state index contributed by atoms with van der Waals surface area (Å²) >= 11 is 11.6. The molecule has 0 aromatic heterocycles. The average Bonchev–Trinajstić information content (AvgIpc) is 3.05. The standard InChI is InChI=1S/C11H11Cl2NO4S/c12-7-3-4-8(13)10(9(7)11(15)16)14-19(17,18)5-6-1-2-6/h3-4,6,14H,1-2,5H2,(H,15,16). The Bertz CT molecular complexity index is 626. The van der Waals surface area contributed by atoms with Crippen LogP contribution in [0.3, 0.4) is 0 Å². The first kappa shape index (κ1) is 14.4. The number of halogens is 2. The molecule has 1 aliphatic rings. The van der Waals surface area contributed by atoms with Crippen LogP contribution in [0.25, 0.3) is 0 Å². The van der Waals surface area contributed by atoms with Crippen molar-refractivity contribution in [1.29, 1.82) is 0 Å². The number of anilines is 1. The van der Waals surface area contributed by atoms with Gasteiger partial charge in [-0.15, -0.1) is 0 Å². The summed E-state index contributed by atoms with van der Waals surface area (Å²) in [5, 5.41) is 9.02. The zero-order valence-corrected chi connectivity index (χ0v) is 12.0. The van der Waals surface area contributed by atoms with Gasteiger partial charge in [-0.1, -0.05) is 23.2 Å². The fourth-order valence-corrected chi connectivity index (χ4v) is 3.71. The van der Waals surface area contributed by atoms with Crippen LogP contribution in [0.2, 0.25) is 10.0 Å². The van der Waals surface area contributed by atoms with Gasteiger partial charge in [0.25, 0.3) is 0 Å². The molecule has 1 saturated carbocycles. The molecule has 1 aliphatic carbocycles. The largest absolute Gasteiger partial charge is 0.478 e. The van der Waals surface area contributed by atoms with Crippen LogP contribution in [-0.4, -0.2) is 25.2 Å². The molecule has 19 heavy (non-hydrogen) atoms. The SMILES string of the molecule is O=C(O)c1c(Cl)ccc(Cl)c1NS(=O)(=O)CC1CC1. The number of hydrogen-bond acceptors (Lipinski definition) is 3. The van der Waals surface area contributed by atoms with Gasteiger partial charge >= 0.3 is 5.97 Å². The quantitative estimate of drug-likeness (QED) is 0.872. The molecule has 1 aromatic carbocycles. The van der Waals surface area contributed by atoms with Gasteiger partial charge in [-0.3, -0.25) is 4.72 Å². The predicted molar refractivity (Wildman–Crippen MR) is 73.6 cm³/mol. The first-order valence-corrected chi connectivity index (χ1v) is 7.93. The molecule has 0 spiro atoms. The van der Waals surface area contributed by atoms with Gasteiger partial charge < -0.3 is 5.11 Å². The smallest absolute Gasteiger partial charge is 0.339 e. The van der Waals surface area contributed by atoms with Crippen LogP contribution in [0.5, 0.6) is 0 Å². The van der Waals surface area contributed by atoms with E-state index in [0.29, 0.717) is 0 Å². The molecule has 0 bridgehead atoms. The van der Waals surface area contributed by atoms with Gasteiger partial charge in [-0.05, 0) is 30.9 Å². The van der Waals surface area contributed by atoms with Crippen LogP contribution in [-0.2, 0) is 10.0 Å². The zero-order valence-electron chi connectivity index (χ0n) is 9.69. The number of sulfonamides is 1. The van der Waals surface area contributed by atoms with Crippen molar-refractivity contribution in [3.05, 3.63) is 27.7 Å². The maximum Gasteiger partial charge on any atom is 0.339 e. The minimum Gasteiger partial charge on any atom is -0.478 e. The van der Waals surface area contributed by atoms with Crippen LogP contribution >= 0.6 is 23.2 Å². The van der Waals surface area contributed by atoms with Gasteiger partial charge in [0, 0.05) is 0 Å². The first-order valence-electron chi connectivity index (χ1n) is 5.52. The molecular formula is C11H11Cl2NO4S. The summed E-state index contributed by atoms with van der Waals surface area (Å²) in [6.45, 7) is 0. The van der Waals surface area contributed by atoms with Crippen LogP contribution in [0.4, 0.5) is 5.69 Å². The second-order valence-electron chi connectivity index (χ2n) is 4.41. The van der Waals surface area contributed by atoms with E-state index in [1.54, 1.807) is 0 Å². The van der Waals surface area contributed by atoms with Gasteiger partial charge in [0.15, 0.2) is 0 Å². The number of benzene rings is 1. The third-order valence-corrected chi connectivity index (χ3v) is 4.78. The van der Waals surface area contributed by atoms with E-state index in [1.807, 2.05) is 0 Å². The Morgan fingerprint density at radius 2 is 1.89 bits per heavy atom. The van der Waals surface area contributed by atoms with E-state index >= 15 is 0 Å². The van der Waals surface area contributed by atoms with Crippen molar-refractivity contribution in [1.82, 2.24) is 0 Å². The molecule has 5 nitrogen and oxygen atoms in total. The number of aromatic carboxylic acids is 1. The number of carboxylic acid groups (broad SMARTS) is 1. The Morgan fingerprint density at radius 1 is 1.32 bits per heavy atom. The van der Waals surface area contributed by atoms with Crippen molar-refractivity contribution in [2.24, 2.45) is 5.92 Å². The minimum atomic E-state index is -3.62. The average molecular weight is 324 g/mol. The van der Waals surface area contributed by atoms with E-state index in [-0.39, 0.29) is 33.0 Å². The lowest BCUT2D eigenvalue weighted by molar-refractivity contribution is 0.0698. The number of nitrogens with one attached hydrogen (secondary N) is 1. The number of rotatable bonds is 5. The van der Waals surface area contributed by atoms with E-state index in [0.717, 1.165) is 12.8 Å². The van der Waals surface area contributed by atoms with Crippen molar-refractivity contribution >= 4 is 44.9 Å². The monoisotopic (exact) mass is 323 g/mol. The summed E-state index contributed by atoms with van der Waals surface area (Å²) in [6, 6.07) is 2.66. The highest BCUT2D eigenvalue weighted by Crippen LogP contribution is 2.35. The van der Waals surface area contributed by atoms with Gasteiger partial charge in [0.2, 0.25) is 10.0 Å². The van der Waals surface area contributed by atoms with E-state index in [1.165, 1.54) is 12.1 Å². The van der Waals surface area contributed by atoms with Crippen LogP contribution in [0.15, 0.2) is 12.1 Å². The summed E-state index contributed by atoms with van der Waals surface area (Å²) in [6.07, 6.45) is 1.74. The zero-order chi connectivity index (χ0) is 14.2. The number of carboxylic acids is 1. The van der Waals surface area contributed by atoms with Crippen molar-refractivity contribution < 1.29 is 18.3 Å². The fourth-order valence-electron chi connectivity index (χ4n) is 1.65. The lowest BCUT2D eigenvalue weighted by Crippen LogP contribution is -2.20. The van der Waals surface area contributed by atoms with Crippen molar-refractivity contribution in [3.8, 4) is 0 Å². The lowest BCUT2D eigenvalue weighted by atomic mass is 10.2. The maximum atomic E-state index is 11.9. The van der Waals surface area contributed by atoms with Crippen molar-refractivity contribution in [2.45, 2.75) is 12.8 Å². The molecule has 0 heterocycles. The molecule has 0 radical (unpaired) electrons. The Kier molecular flexibility index (Phi) is 3.94. The molecule has 1 fully saturated rings. The third-order valence-electron chi connectivity index (χ3n) is 2.73. The summed E-state index contributed by atoms with van der Waals surface area (Å²) in [4.78, 5) is 11.1. The molecule has 1 aromatic rings. The molecule has 0 unspecified atom stereocenters. The van der Waals surface area contributed by atoms with Crippen LogP contribution in [0, 0.1) is 5.92 Å². The fraction of sp³-hybridized carbons (Fsp3) is 0.364. The third kappa shape index (κ3) is 3.52.